The second kappa shape index (κ2) is 6.84. The van der Waals surface area contributed by atoms with E-state index < -0.39 is 11.9 Å². The van der Waals surface area contributed by atoms with Crippen LogP contribution in [0.3, 0.4) is 0 Å². The fourth-order valence-electron chi connectivity index (χ4n) is 3.92. The molecule has 2 heterocycles. The third-order valence-electron chi connectivity index (χ3n) is 5.35. The number of nitrogens with zero attached hydrogens (tertiary/aromatic N) is 1. The standard InChI is InChI=1S/C24H16FNO4/c25-16-9-5-14(6-10-16)13-26-21(15-7-11-17(27)12-8-15)20-22(28)18-3-1-2-4-19(18)30-23(20)24(26)29/h1-12,21,27H,13H2/t21-/m1/s1. The lowest BCUT2D eigenvalue weighted by atomic mass is 9.98. The maximum absolute atomic E-state index is 13.3. The van der Waals surface area contributed by atoms with Crippen molar-refractivity contribution in [1.29, 1.82) is 0 Å². The number of phenols is 1. The summed E-state index contributed by atoms with van der Waals surface area (Å²) in [6.45, 7) is 0.171. The van der Waals surface area contributed by atoms with Crippen molar-refractivity contribution >= 4 is 16.9 Å². The number of para-hydroxylation sites is 1. The van der Waals surface area contributed by atoms with Crippen LogP contribution < -0.4 is 5.43 Å². The number of carbonyl (C=O) groups excluding carboxylic acids is 1. The van der Waals surface area contributed by atoms with Gasteiger partial charge in [-0.05, 0) is 47.5 Å². The summed E-state index contributed by atoms with van der Waals surface area (Å²) < 4.78 is 19.2. The van der Waals surface area contributed by atoms with Crippen LogP contribution in [0.5, 0.6) is 5.75 Å². The van der Waals surface area contributed by atoms with Crippen molar-refractivity contribution in [1.82, 2.24) is 4.90 Å². The quantitative estimate of drug-likeness (QED) is 0.553. The SMILES string of the molecule is O=C1c2oc3ccccc3c(=O)c2[C@@H](c2ccc(O)cc2)N1Cc1ccc(F)cc1. The molecule has 148 valence electrons. The molecule has 1 amide bonds. The van der Waals surface area contributed by atoms with Gasteiger partial charge in [-0.25, -0.2) is 4.39 Å². The van der Waals surface area contributed by atoms with Crippen LogP contribution in [-0.4, -0.2) is 15.9 Å². The molecule has 0 saturated carbocycles. The average Bonchev–Trinajstić information content (AvgIpc) is 3.03. The van der Waals surface area contributed by atoms with E-state index in [4.69, 9.17) is 4.42 Å². The molecule has 1 aliphatic rings. The van der Waals surface area contributed by atoms with Gasteiger partial charge in [0.2, 0.25) is 5.76 Å². The van der Waals surface area contributed by atoms with E-state index in [2.05, 4.69) is 0 Å². The molecule has 3 aromatic carbocycles. The number of fused-ring (bicyclic) bond motifs is 2. The molecule has 1 N–H and O–H groups in total. The zero-order valence-electron chi connectivity index (χ0n) is 15.7. The monoisotopic (exact) mass is 401 g/mol. The third kappa shape index (κ3) is 2.85. The lowest BCUT2D eigenvalue weighted by molar-refractivity contribution is 0.0714. The van der Waals surface area contributed by atoms with Gasteiger partial charge < -0.3 is 14.4 Å². The molecule has 30 heavy (non-hydrogen) atoms. The average molecular weight is 401 g/mol. The first-order chi connectivity index (χ1) is 14.5. The van der Waals surface area contributed by atoms with Crippen molar-refractivity contribution in [3.63, 3.8) is 0 Å². The summed E-state index contributed by atoms with van der Waals surface area (Å²) in [4.78, 5) is 28.1. The number of aromatic hydroxyl groups is 1. The zero-order valence-corrected chi connectivity index (χ0v) is 15.7. The van der Waals surface area contributed by atoms with E-state index in [9.17, 15) is 19.1 Å². The predicted molar refractivity (Wildman–Crippen MR) is 109 cm³/mol. The molecule has 0 aliphatic carbocycles. The summed E-state index contributed by atoms with van der Waals surface area (Å²) in [5.41, 5.74) is 1.75. The number of hydrogen-bond acceptors (Lipinski definition) is 4. The van der Waals surface area contributed by atoms with Crippen LogP contribution in [-0.2, 0) is 6.54 Å². The second-order valence-corrected chi connectivity index (χ2v) is 7.22. The number of rotatable bonds is 3. The first-order valence-electron chi connectivity index (χ1n) is 9.43. The smallest absolute Gasteiger partial charge is 0.291 e. The number of phenolic OH excluding ortho intramolecular Hbond substituents is 1. The topological polar surface area (TPSA) is 70.8 Å². The molecule has 1 aromatic heterocycles. The van der Waals surface area contributed by atoms with E-state index in [-0.39, 0.29) is 34.9 Å². The van der Waals surface area contributed by atoms with Gasteiger partial charge in [0.15, 0.2) is 5.43 Å². The molecular formula is C24H16FNO4. The van der Waals surface area contributed by atoms with Crippen molar-refractivity contribution in [2.24, 2.45) is 0 Å². The van der Waals surface area contributed by atoms with Crippen LogP contribution in [0.4, 0.5) is 4.39 Å². The summed E-state index contributed by atoms with van der Waals surface area (Å²) in [5.74, 6) is -0.680. The molecule has 5 nitrogen and oxygen atoms in total. The molecule has 0 bridgehead atoms. The summed E-state index contributed by atoms with van der Waals surface area (Å²) in [6.07, 6.45) is 0. The van der Waals surface area contributed by atoms with Crippen molar-refractivity contribution in [2.75, 3.05) is 0 Å². The molecule has 6 heteroatoms. The number of hydrogen-bond donors (Lipinski definition) is 1. The summed E-state index contributed by atoms with van der Waals surface area (Å²) >= 11 is 0. The minimum atomic E-state index is -0.681. The molecule has 1 atom stereocenters. The lowest BCUT2D eigenvalue weighted by Gasteiger charge is -2.25. The van der Waals surface area contributed by atoms with Gasteiger partial charge in [0.05, 0.1) is 17.0 Å². The zero-order chi connectivity index (χ0) is 20.8. The Hall–Kier alpha value is -3.93. The Balaban J connectivity index is 1.71. The number of carbonyl (C=O) groups is 1. The molecule has 4 aromatic rings. The van der Waals surface area contributed by atoms with E-state index >= 15 is 0 Å². The number of amides is 1. The Morgan fingerprint density at radius 3 is 2.37 bits per heavy atom. The van der Waals surface area contributed by atoms with E-state index in [1.807, 2.05) is 0 Å². The van der Waals surface area contributed by atoms with E-state index in [0.717, 1.165) is 5.56 Å². The van der Waals surface area contributed by atoms with Crippen LogP contribution in [0.15, 0.2) is 82.0 Å². The number of halogens is 1. The Bertz CT molecular complexity index is 1330. The largest absolute Gasteiger partial charge is 0.508 e. The lowest BCUT2D eigenvalue weighted by Crippen LogP contribution is -2.29. The Kier molecular flexibility index (Phi) is 4.13. The van der Waals surface area contributed by atoms with Gasteiger partial charge in [-0.3, -0.25) is 9.59 Å². The van der Waals surface area contributed by atoms with Gasteiger partial charge in [0, 0.05) is 6.54 Å². The minimum absolute atomic E-state index is 0.0129. The Morgan fingerprint density at radius 1 is 0.933 bits per heavy atom. The summed E-state index contributed by atoms with van der Waals surface area (Å²) in [6, 6.07) is 18.4. The molecule has 0 radical (unpaired) electrons. The first kappa shape index (κ1) is 18.1. The van der Waals surface area contributed by atoms with Crippen LogP contribution in [0, 0.1) is 5.82 Å². The van der Waals surface area contributed by atoms with Gasteiger partial charge in [-0.2, -0.15) is 0 Å². The van der Waals surface area contributed by atoms with Gasteiger partial charge in [-0.1, -0.05) is 36.4 Å². The molecular weight excluding hydrogens is 385 g/mol. The molecule has 0 fully saturated rings. The van der Waals surface area contributed by atoms with E-state index in [1.54, 1.807) is 48.5 Å². The molecule has 0 spiro atoms. The van der Waals surface area contributed by atoms with Crippen LogP contribution in [0.2, 0.25) is 0 Å². The summed E-state index contributed by atoms with van der Waals surface area (Å²) in [5, 5.41) is 10.1. The second-order valence-electron chi connectivity index (χ2n) is 7.22. The maximum atomic E-state index is 13.3. The van der Waals surface area contributed by atoms with Crippen molar-refractivity contribution in [3.8, 4) is 5.75 Å². The molecule has 1 aliphatic heterocycles. The van der Waals surface area contributed by atoms with Crippen molar-refractivity contribution in [2.45, 2.75) is 12.6 Å². The van der Waals surface area contributed by atoms with Gasteiger partial charge in [0.1, 0.15) is 17.1 Å². The highest BCUT2D eigenvalue weighted by atomic mass is 19.1. The van der Waals surface area contributed by atoms with Crippen LogP contribution in [0.1, 0.15) is 33.3 Å². The fraction of sp³-hybridized carbons (Fsp3) is 0.0833. The van der Waals surface area contributed by atoms with Crippen LogP contribution >= 0.6 is 0 Å². The molecule has 0 saturated heterocycles. The highest BCUT2D eigenvalue weighted by Crippen LogP contribution is 2.39. The highest BCUT2D eigenvalue weighted by Gasteiger charge is 2.42. The van der Waals surface area contributed by atoms with Crippen LogP contribution in [0.25, 0.3) is 11.0 Å². The Morgan fingerprint density at radius 2 is 1.63 bits per heavy atom. The maximum Gasteiger partial charge on any atom is 0.291 e. The van der Waals surface area contributed by atoms with Gasteiger partial charge in [0.25, 0.3) is 5.91 Å². The molecule has 5 rings (SSSR count). The number of benzene rings is 3. The highest BCUT2D eigenvalue weighted by molar-refractivity contribution is 5.99. The van der Waals surface area contributed by atoms with Crippen molar-refractivity contribution < 1.29 is 18.7 Å². The predicted octanol–water partition coefficient (Wildman–Crippen LogP) is 4.38. The normalized spacial score (nSPS) is 15.6. The Labute approximate surface area is 170 Å². The van der Waals surface area contributed by atoms with Gasteiger partial charge >= 0.3 is 0 Å². The first-order valence-corrected chi connectivity index (χ1v) is 9.43. The fourth-order valence-corrected chi connectivity index (χ4v) is 3.92. The van der Waals surface area contributed by atoms with Crippen molar-refractivity contribution in [3.05, 3.63) is 111 Å². The third-order valence-corrected chi connectivity index (χ3v) is 5.35. The van der Waals surface area contributed by atoms with E-state index in [1.165, 1.54) is 29.2 Å². The summed E-state index contributed by atoms with van der Waals surface area (Å²) in [7, 11) is 0. The molecule has 0 unspecified atom stereocenters. The van der Waals surface area contributed by atoms with Gasteiger partial charge in [-0.15, -0.1) is 0 Å². The minimum Gasteiger partial charge on any atom is -0.508 e. The van der Waals surface area contributed by atoms with E-state index in [0.29, 0.717) is 16.5 Å².